The van der Waals surface area contributed by atoms with Crippen molar-refractivity contribution in [2.24, 2.45) is 0 Å². The first kappa shape index (κ1) is 11.9. The van der Waals surface area contributed by atoms with E-state index in [1.165, 1.54) is 5.56 Å². The molecule has 0 radical (unpaired) electrons. The van der Waals surface area contributed by atoms with Crippen LogP contribution in [-0.4, -0.2) is 5.78 Å². The highest BCUT2D eigenvalue weighted by atomic mass is 16.1. The van der Waals surface area contributed by atoms with E-state index < -0.39 is 0 Å². The number of ketones is 1. The zero-order valence-corrected chi connectivity index (χ0v) is 9.14. The SMILES string of the molecule is CC.CC(=O)c1ccc(C)cc1C. The van der Waals surface area contributed by atoms with E-state index in [-0.39, 0.29) is 5.78 Å². The lowest BCUT2D eigenvalue weighted by Crippen LogP contribution is -1.95. The minimum Gasteiger partial charge on any atom is -0.295 e. The molecule has 72 valence electrons. The van der Waals surface area contributed by atoms with Gasteiger partial charge in [0.25, 0.3) is 0 Å². The van der Waals surface area contributed by atoms with Crippen molar-refractivity contribution in [3.63, 3.8) is 0 Å². The second-order valence-electron chi connectivity index (χ2n) is 2.87. The third-order valence-electron chi connectivity index (χ3n) is 1.76. The van der Waals surface area contributed by atoms with Gasteiger partial charge in [0.1, 0.15) is 0 Å². The van der Waals surface area contributed by atoms with Crippen molar-refractivity contribution in [3.8, 4) is 0 Å². The minimum absolute atomic E-state index is 0.141. The van der Waals surface area contributed by atoms with Gasteiger partial charge in [-0.1, -0.05) is 37.6 Å². The normalized spacial score (nSPS) is 8.69. The number of carbonyl (C=O) groups excluding carboxylic acids is 1. The molecule has 0 saturated heterocycles. The highest BCUT2D eigenvalue weighted by Gasteiger charge is 2.01. The van der Waals surface area contributed by atoms with Crippen LogP contribution >= 0.6 is 0 Å². The van der Waals surface area contributed by atoms with Gasteiger partial charge in [-0.25, -0.2) is 0 Å². The van der Waals surface area contributed by atoms with Crippen LogP contribution in [0.15, 0.2) is 18.2 Å². The molecule has 0 aliphatic heterocycles. The second-order valence-corrected chi connectivity index (χ2v) is 2.87. The summed E-state index contributed by atoms with van der Waals surface area (Å²) in [5.41, 5.74) is 3.10. The van der Waals surface area contributed by atoms with Gasteiger partial charge in [0.15, 0.2) is 5.78 Å². The number of Topliss-reactive ketones (excluding diaryl/α,β-unsaturated/α-hetero) is 1. The highest BCUT2D eigenvalue weighted by molar-refractivity contribution is 5.95. The molecule has 0 fully saturated rings. The molecule has 1 rings (SSSR count). The van der Waals surface area contributed by atoms with Gasteiger partial charge in [-0.2, -0.15) is 0 Å². The smallest absolute Gasteiger partial charge is 0.160 e. The molecule has 0 N–H and O–H groups in total. The van der Waals surface area contributed by atoms with Crippen molar-refractivity contribution >= 4 is 5.78 Å². The minimum atomic E-state index is 0.141. The molecule has 0 aromatic heterocycles. The standard InChI is InChI=1S/C10H12O.C2H6/c1-7-4-5-10(9(3)11)8(2)6-7;1-2/h4-6H,1-3H3;1-2H3. The largest absolute Gasteiger partial charge is 0.295 e. The number of hydrogen-bond acceptors (Lipinski definition) is 1. The van der Waals surface area contributed by atoms with Gasteiger partial charge >= 0.3 is 0 Å². The first-order chi connectivity index (χ1) is 6.11. The zero-order chi connectivity index (χ0) is 10.4. The fourth-order valence-corrected chi connectivity index (χ4v) is 1.21. The van der Waals surface area contributed by atoms with Gasteiger partial charge in [-0.3, -0.25) is 4.79 Å². The van der Waals surface area contributed by atoms with Gasteiger partial charge in [0.05, 0.1) is 0 Å². The average Bonchev–Trinajstić information content (AvgIpc) is 2.07. The van der Waals surface area contributed by atoms with E-state index >= 15 is 0 Å². The molecule has 1 aromatic carbocycles. The fraction of sp³-hybridized carbons (Fsp3) is 0.417. The number of carbonyl (C=O) groups is 1. The highest BCUT2D eigenvalue weighted by Crippen LogP contribution is 2.10. The van der Waals surface area contributed by atoms with E-state index in [1.807, 2.05) is 45.9 Å². The molecular formula is C12H18O. The van der Waals surface area contributed by atoms with Crippen molar-refractivity contribution in [2.75, 3.05) is 0 Å². The summed E-state index contributed by atoms with van der Waals surface area (Å²) in [6.07, 6.45) is 0. The van der Waals surface area contributed by atoms with E-state index in [1.54, 1.807) is 6.92 Å². The summed E-state index contributed by atoms with van der Waals surface area (Å²) in [7, 11) is 0. The monoisotopic (exact) mass is 178 g/mol. The van der Waals surface area contributed by atoms with E-state index in [4.69, 9.17) is 0 Å². The van der Waals surface area contributed by atoms with Gasteiger partial charge < -0.3 is 0 Å². The van der Waals surface area contributed by atoms with Crippen LogP contribution in [0.1, 0.15) is 42.3 Å². The van der Waals surface area contributed by atoms with E-state index in [0.29, 0.717) is 0 Å². The van der Waals surface area contributed by atoms with Crippen molar-refractivity contribution in [3.05, 3.63) is 34.9 Å². The maximum Gasteiger partial charge on any atom is 0.160 e. The van der Waals surface area contributed by atoms with Crippen molar-refractivity contribution in [1.82, 2.24) is 0 Å². The Bertz CT molecular complexity index is 287. The van der Waals surface area contributed by atoms with Crippen LogP contribution in [0.5, 0.6) is 0 Å². The molecule has 0 amide bonds. The molecule has 0 bridgehead atoms. The summed E-state index contributed by atoms with van der Waals surface area (Å²) in [6.45, 7) is 9.58. The summed E-state index contributed by atoms with van der Waals surface area (Å²) in [5, 5.41) is 0. The van der Waals surface area contributed by atoms with Crippen LogP contribution < -0.4 is 0 Å². The Morgan fingerprint density at radius 2 is 1.69 bits per heavy atom. The van der Waals surface area contributed by atoms with Gasteiger partial charge in [0.2, 0.25) is 0 Å². The predicted octanol–water partition coefficient (Wildman–Crippen LogP) is 3.53. The number of hydrogen-bond donors (Lipinski definition) is 0. The molecule has 1 aromatic rings. The van der Waals surface area contributed by atoms with Crippen LogP contribution in [0, 0.1) is 13.8 Å². The molecule has 0 saturated carbocycles. The Kier molecular flexibility index (Phi) is 5.05. The molecule has 0 spiro atoms. The Balaban J connectivity index is 0.000000671. The number of rotatable bonds is 1. The summed E-state index contributed by atoms with van der Waals surface area (Å²) < 4.78 is 0. The Hall–Kier alpha value is -1.11. The maximum absolute atomic E-state index is 11.0. The summed E-state index contributed by atoms with van der Waals surface area (Å²) in [5.74, 6) is 0.141. The molecule has 0 atom stereocenters. The summed E-state index contributed by atoms with van der Waals surface area (Å²) in [6, 6.07) is 5.87. The fourth-order valence-electron chi connectivity index (χ4n) is 1.21. The molecular weight excluding hydrogens is 160 g/mol. The average molecular weight is 178 g/mol. The zero-order valence-electron chi connectivity index (χ0n) is 9.14. The van der Waals surface area contributed by atoms with Crippen LogP contribution in [0.4, 0.5) is 0 Å². The topological polar surface area (TPSA) is 17.1 Å². The predicted molar refractivity (Wildman–Crippen MR) is 57.3 cm³/mol. The second kappa shape index (κ2) is 5.52. The van der Waals surface area contributed by atoms with Crippen LogP contribution in [-0.2, 0) is 0 Å². The van der Waals surface area contributed by atoms with Crippen molar-refractivity contribution in [1.29, 1.82) is 0 Å². The number of benzene rings is 1. The lowest BCUT2D eigenvalue weighted by Gasteiger charge is -2.01. The summed E-state index contributed by atoms with van der Waals surface area (Å²) in [4.78, 5) is 11.0. The molecule has 0 aliphatic rings. The molecule has 0 unspecified atom stereocenters. The molecule has 0 aliphatic carbocycles. The van der Waals surface area contributed by atoms with Crippen LogP contribution in [0.25, 0.3) is 0 Å². The first-order valence-electron chi connectivity index (χ1n) is 4.69. The van der Waals surface area contributed by atoms with Gasteiger partial charge in [-0.15, -0.1) is 0 Å². The molecule has 0 heterocycles. The Morgan fingerprint density at radius 1 is 1.15 bits per heavy atom. The van der Waals surface area contributed by atoms with Crippen LogP contribution in [0.2, 0.25) is 0 Å². The third-order valence-corrected chi connectivity index (χ3v) is 1.76. The van der Waals surface area contributed by atoms with Crippen LogP contribution in [0.3, 0.4) is 0 Å². The van der Waals surface area contributed by atoms with E-state index in [0.717, 1.165) is 11.1 Å². The summed E-state index contributed by atoms with van der Waals surface area (Å²) >= 11 is 0. The molecule has 1 heteroatoms. The van der Waals surface area contributed by atoms with E-state index in [9.17, 15) is 4.79 Å². The lowest BCUT2D eigenvalue weighted by molar-refractivity contribution is 0.101. The third kappa shape index (κ3) is 3.41. The van der Waals surface area contributed by atoms with Crippen molar-refractivity contribution in [2.45, 2.75) is 34.6 Å². The van der Waals surface area contributed by atoms with Gasteiger partial charge in [0, 0.05) is 5.56 Å². The lowest BCUT2D eigenvalue weighted by atomic mass is 10.0. The first-order valence-corrected chi connectivity index (χ1v) is 4.69. The van der Waals surface area contributed by atoms with Gasteiger partial charge in [-0.05, 0) is 26.3 Å². The molecule has 13 heavy (non-hydrogen) atoms. The Labute approximate surface area is 80.8 Å². The maximum atomic E-state index is 11.0. The quantitative estimate of drug-likeness (QED) is 0.601. The molecule has 1 nitrogen and oxygen atoms in total. The Morgan fingerprint density at radius 3 is 2.08 bits per heavy atom. The number of aryl methyl sites for hydroxylation is 2. The van der Waals surface area contributed by atoms with Crippen molar-refractivity contribution < 1.29 is 4.79 Å². The van der Waals surface area contributed by atoms with E-state index in [2.05, 4.69) is 0 Å².